The number of fused-ring (bicyclic) bond motifs is 1. The van der Waals surface area contributed by atoms with Gasteiger partial charge in [0, 0.05) is 30.7 Å². The molecule has 172 valence electrons. The quantitative estimate of drug-likeness (QED) is 0.429. The molecule has 0 spiro atoms. The summed E-state index contributed by atoms with van der Waals surface area (Å²) in [6.07, 6.45) is 3.35. The van der Waals surface area contributed by atoms with Gasteiger partial charge in [0.05, 0.1) is 0 Å². The van der Waals surface area contributed by atoms with Crippen molar-refractivity contribution in [3.8, 4) is 11.5 Å². The maximum atomic E-state index is 12.5. The number of nitrogens with one attached hydrogen (secondary N) is 3. The fourth-order valence-electron chi connectivity index (χ4n) is 4.31. The molecule has 0 heterocycles. The van der Waals surface area contributed by atoms with Gasteiger partial charge in [0.1, 0.15) is 11.5 Å². The van der Waals surface area contributed by atoms with Crippen LogP contribution >= 0.6 is 0 Å². The van der Waals surface area contributed by atoms with Crippen molar-refractivity contribution in [2.24, 2.45) is 5.92 Å². The number of ether oxygens (including phenoxy) is 1. The molecule has 6 heteroatoms. The van der Waals surface area contributed by atoms with E-state index in [2.05, 4.69) is 47.1 Å². The van der Waals surface area contributed by atoms with Crippen LogP contribution in [0.15, 0.2) is 66.7 Å². The van der Waals surface area contributed by atoms with Gasteiger partial charge < -0.3 is 25.6 Å². The van der Waals surface area contributed by atoms with Gasteiger partial charge >= 0.3 is 6.03 Å². The van der Waals surface area contributed by atoms with Gasteiger partial charge in [-0.05, 0) is 111 Å². The summed E-state index contributed by atoms with van der Waals surface area (Å²) >= 11 is 0. The number of hydrogen-bond donors (Lipinski definition) is 3. The Labute approximate surface area is 196 Å². The second-order valence-electron chi connectivity index (χ2n) is 8.83. The van der Waals surface area contributed by atoms with Gasteiger partial charge in [0.25, 0.3) is 0 Å². The van der Waals surface area contributed by atoms with E-state index in [1.165, 1.54) is 17.5 Å². The van der Waals surface area contributed by atoms with Crippen LogP contribution in [-0.2, 0) is 12.8 Å². The van der Waals surface area contributed by atoms with Crippen LogP contribution in [0.1, 0.15) is 17.5 Å². The van der Waals surface area contributed by atoms with E-state index >= 15 is 0 Å². The lowest BCUT2D eigenvalue weighted by Gasteiger charge is -2.27. The minimum atomic E-state index is -0.257. The smallest absolute Gasteiger partial charge is 0.323 e. The van der Waals surface area contributed by atoms with Gasteiger partial charge in [-0.25, -0.2) is 4.79 Å². The van der Waals surface area contributed by atoms with E-state index in [4.69, 9.17) is 4.74 Å². The molecule has 0 fully saturated rings. The van der Waals surface area contributed by atoms with Gasteiger partial charge in [0.15, 0.2) is 0 Å². The molecule has 0 bridgehead atoms. The molecule has 2 amide bonds. The maximum Gasteiger partial charge on any atom is 0.323 e. The van der Waals surface area contributed by atoms with Gasteiger partial charge in [-0.3, -0.25) is 0 Å². The van der Waals surface area contributed by atoms with Crippen LogP contribution in [0, 0.1) is 5.92 Å². The summed E-state index contributed by atoms with van der Waals surface area (Å²) in [4.78, 5) is 14.8. The Balaban J connectivity index is 1.30. The van der Waals surface area contributed by atoms with E-state index in [1.54, 1.807) is 0 Å². The highest BCUT2D eigenvalue weighted by atomic mass is 16.5. The number of benzene rings is 3. The van der Waals surface area contributed by atoms with Crippen molar-refractivity contribution in [3.05, 3.63) is 77.9 Å². The van der Waals surface area contributed by atoms with Crippen molar-refractivity contribution < 1.29 is 9.53 Å². The molecule has 4 rings (SSSR count). The summed E-state index contributed by atoms with van der Waals surface area (Å²) in [6.45, 7) is 1.12. The Hall–Kier alpha value is -3.51. The predicted molar refractivity (Wildman–Crippen MR) is 136 cm³/mol. The number of carbonyl (C=O) groups excluding carboxylic acids is 1. The molecule has 1 atom stereocenters. The summed E-state index contributed by atoms with van der Waals surface area (Å²) in [5, 5.41) is 8.92. The topological polar surface area (TPSA) is 65.6 Å². The Bertz CT molecular complexity index is 1080. The lowest BCUT2D eigenvalue weighted by molar-refractivity contribution is 0.262. The van der Waals surface area contributed by atoms with Gasteiger partial charge in [0.2, 0.25) is 0 Å². The summed E-state index contributed by atoms with van der Waals surface area (Å²) in [7, 11) is 6.14. The second kappa shape index (κ2) is 10.4. The Morgan fingerprint density at radius 2 is 1.48 bits per heavy atom. The Morgan fingerprint density at radius 3 is 2.12 bits per heavy atom. The van der Waals surface area contributed by atoms with Crippen LogP contribution in [0.2, 0.25) is 0 Å². The molecular formula is C27H32N4O2. The molecule has 0 saturated heterocycles. The highest BCUT2D eigenvalue weighted by Crippen LogP contribution is 2.28. The third kappa shape index (κ3) is 6.26. The number of amides is 2. The van der Waals surface area contributed by atoms with E-state index in [0.717, 1.165) is 36.5 Å². The largest absolute Gasteiger partial charge is 0.457 e. The molecule has 1 aliphatic carbocycles. The molecule has 0 radical (unpaired) electrons. The number of urea groups is 1. The number of rotatable bonds is 7. The third-order valence-electron chi connectivity index (χ3n) is 5.91. The van der Waals surface area contributed by atoms with Gasteiger partial charge in [-0.2, -0.15) is 0 Å². The van der Waals surface area contributed by atoms with Crippen molar-refractivity contribution in [1.29, 1.82) is 0 Å². The maximum absolute atomic E-state index is 12.5. The first-order valence-electron chi connectivity index (χ1n) is 11.4. The zero-order valence-corrected chi connectivity index (χ0v) is 19.5. The summed E-state index contributed by atoms with van der Waals surface area (Å²) in [5.74, 6) is 2.17. The molecule has 3 N–H and O–H groups in total. The molecule has 3 aromatic rings. The minimum absolute atomic E-state index is 0.257. The number of anilines is 3. The lowest BCUT2D eigenvalue weighted by Crippen LogP contribution is -2.26. The fraction of sp³-hybridized carbons (Fsp3) is 0.296. The van der Waals surface area contributed by atoms with Gasteiger partial charge in [-0.15, -0.1) is 0 Å². The number of carbonyl (C=O) groups is 1. The van der Waals surface area contributed by atoms with Crippen LogP contribution in [0.25, 0.3) is 0 Å². The highest BCUT2D eigenvalue weighted by molar-refractivity contribution is 5.99. The lowest BCUT2D eigenvalue weighted by atomic mass is 9.83. The number of aryl methyl sites for hydroxylation is 1. The van der Waals surface area contributed by atoms with Gasteiger partial charge in [-0.1, -0.05) is 6.07 Å². The average Bonchev–Trinajstić information content (AvgIpc) is 2.80. The molecule has 1 aliphatic rings. The van der Waals surface area contributed by atoms with Crippen LogP contribution in [0.3, 0.4) is 0 Å². The zero-order valence-electron chi connectivity index (χ0n) is 19.5. The average molecular weight is 445 g/mol. The van der Waals surface area contributed by atoms with E-state index < -0.39 is 0 Å². The predicted octanol–water partition coefficient (Wildman–Crippen LogP) is 5.83. The first-order valence-corrected chi connectivity index (χ1v) is 11.4. The SMILES string of the molecule is CNc1ccc(Oc2ccc(NC(=O)Nc3ccc4c(c3)CCC(CN(C)C)C4)cc2)cc1. The first-order chi connectivity index (χ1) is 16.0. The first kappa shape index (κ1) is 22.7. The van der Waals surface area contributed by atoms with Crippen LogP contribution < -0.4 is 20.7 Å². The number of nitrogens with zero attached hydrogens (tertiary/aromatic N) is 1. The summed E-state index contributed by atoms with van der Waals surface area (Å²) in [6, 6.07) is 21.1. The Kier molecular flexibility index (Phi) is 7.15. The van der Waals surface area contributed by atoms with E-state index in [1.807, 2.05) is 61.6 Å². The fourth-order valence-corrected chi connectivity index (χ4v) is 4.31. The van der Waals surface area contributed by atoms with Crippen molar-refractivity contribution in [1.82, 2.24) is 4.90 Å². The highest BCUT2D eigenvalue weighted by Gasteiger charge is 2.19. The molecule has 0 aliphatic heterocycles. The minimum Gasteiger partial charge on any atom is -0.457 e. The van der Waals surface area contributed by atoms with Crippen LogP contribution in [0.4, 0.5) is 21.9 Å². The second-order valence-corrected chi connectivity index (χ2v) is 8.83. The summed E-state index contributed by atoms with van der Waals surface area (Å²) in [5.41, 5.74) is 5.29. The molecule has 0 aromatic heterocycles. The molecular weight excluding hydrogens is 412 g/mol. The van der Waals surface area contributed by atoms with Crippen molar-refractivity contribution in [2.45, 2.75) is 19.3 Å². The molecule has 3 aromatic carbocycles. The van der Waals surface area contributed by atoms with E-state index in [0.29, 0.717) is 17.4 Å². The van der Waals surface area contributed by atoms with Crippen LogP contribution in [-0.4, -0.2) is 38.6 Å². The molecule has 6 nitrogen and oxygen atoms in total. The zero-order chi connectivity index (χ0) is 23.2. The van der Waals surface area contributed by atoms with Crippen LogP contribution in [0.5, 0.6) is 11.5 Å². The number of hydrogen-bond acceptors (Lipinski definition) is 4. The molecule has 1 unspecified atom stereocenters. The Morgan fingerprint density at radius 1 is 0.879 bits per heavy atom. The van der Waals surface area contributed by atoms with E-state index in [9.17, 15) is 4.79 Å². The third-order valence-corrected chi connectivity index (χ3v) is 5.91. The van der Waals surface area contributed by atoms with Crippen molar-refractivity contribution in [2.75, 3.05) is 43.6 Å². The normalized spacial score (nSPS) is 15.0. The standard InChI is InChI=1S/C27H32N4O2/c1-28-22-8-12-25(13-9-22)33-26-14-10-23(11-15-26)29-27(32)30-24-7-6-20-16-19(18-31(2)3)4-5-21(20)17-24/h6-15,17,19,28H,4-5,16,18H2,1-3H3,(H2,29,30,32). The van der Waals surface area contributed by atoms with Crippen molar-refractivity contribution in [3.63, 3.8) is 0 Å². The van der Waals surface area contributed by atoms with E-state index in [-0.39, 0.29) is 6.03 Å². The van der Waals surface area contributed by atoms with Crippen molar-refractivity contribution >= 4 is 23.1 Å². The summed E-state index contributed by atoms with van der Waals surface area (Å²) < 4.78 is 5.86. The molecule has 0 saturated carbocycles. The monoisotopic (exact) mass is 444 g/mol. The molecule has 33 heavy (non-hydrogen) atoms.